The monoisotopic (exact) mass is 279 g/mol. The minimum Gasteiger partial charge on any atom is -0.456 e. The predicted molar refractivity (Wildman–Crippen MR) is 72.7 cm³/mol. The molecule has 2 aromatic rings. The summed E-state index contributed by atoms with van der Waals surface area (Å²) in [7, 11) is 0. The van der Waals surface area contributed by atoms with E-state index in [4.69, 9.17) is 4.74 Å². The highest BCUT2D eigenvalue weighted by Crippen LogP contribution is 2.24. The number of ether oxygens (including phenoxy) is 1. The van der Waals surface area contributed by atoms with E-state index in [0.29, 0.717) is 16.1 Å². The first-order valence-corrected chi connectivity index (χ1v) is 6.58. The van der Waals surface area contributed by atoms with Gasteiger partial charge in [-0.05, 0) is 50.5 Å². The van der Waals surface area contributed by atoms with Crippen molar-refractivity contribution in [2.24, 2.45) is 0 Å². The quantitative estimate of drug-likeness (QED) is 0.782. The Balaban J connectivity index is 2.22. The number of hydrogen-bond acceptors (Lipinski definition) is 4. The van der Waals surface area contributed by atoms with Crippen LogP contribution >= 0.6 is 11.5 Å². The van der Waals surface area contributed by atoms with Gasteiger partial charge in [0.1, 0.15) is 16.3 Å². The van der Waals surface area contributed by atoms with Crippen molar-refractivity contribution in [1.82, 2.24) is 4.37 Å². The normalized spacial score (nSPS) is 11.4. The number of rotatable bonds is 2. The molecule has 3 nitrogen and oxygen atoms in total. The van der Waals surface area contributed by atoms with E-state index >= 15 is 0 Å². The van der Waals surface area contributed by atoms with Gasteiger partial charge in [-0.25, -0.2) is 9.18 Å². The maximum Gasteiger partial charge on any atom is 0.350 e. The number of nitrogens with zero attached hydrogens (tertiary/aromatic N) is 1. The Bertz CT molecular complexity index is 601. The lowest BCUT2D eigenvalue weighted by molar-refractivity contribution is 0.00752. The molecule has 2 rings (SSSR count). The van der Waals surface area contributed by atoms with Gasteiger partial charge in [0.25, 0.3) is 0 Å². The highest BCUT2D eigenvalue weighted by atomic mass is 32.1. The largest absolute Gasteiger partial charge is 0.456 e. The maximum absolute atomic E-state index is 13.1. The average molecular weight is 279 g/mol. The van der Waals surface area contributed by atoms with Crippen LogP contribution in [0, 0.1) is 5.82 Å². The molecule has 19 heavy (non-hydrogen) atoms. The molecule has 1 aromatic heterocycles. The number of aromatic nitrogens is 1. The highest BCUT2D eigenvalue weighted by molar-refractivity contribution is 7.08. The Morgan fingerprint density at radius 3 is 2.68 bits per heavy atom. The van der Waals surface area contributed by atoms with E-state index in [9.17, 15) is 9.18 Å². The molecule has 0 bridgehead atoms. The molecular formula is C14H14FNO2S. The van der Waals surface area contributed by atoms with Crippen LogP contribution in [0.5, 0.6) is 0 Å². The van der Waals surface area contributed by atoms with Gasteiger partial charge in [0.05, 0.1) is 5.69 Å². The van der Waals surface area contributed by atoms with E-state index in [1.54, 1.807) is 39.0 Å². The molecule has 1 heterocycles. The lowest BCUT2D eigenvalue weighted by Gasteiger charge is -2.18. The SMILES string of the molecule is CC(C)(C)OC(=O)c1cc(-c2cccc(F)c2)ns1. The van der Waals surface area contributed by atoms with Crippen molar-refractivity contribution < 1.29 is 13.9 Å². The third kappa shape index (κ3) is 3.61. The Morgan fingerprint density at radius 2 is 2.05 bits per heavy atom. The predicted octanol–water partition coefficient (Wildman–Crippen LogP) is 3.90. The summed E-state index contributed by atoms with van der Waals surface area (Å²) < 4.78 is 22.5. The minimum absolute atomic E-state index is 0.329. The molecule has 0 radical (unpaired) electrons. The number of benzene rings is 1. The Labute approximate surface area is 115 Å². The summed E-state index contributed by atoms with van der Waals surface area (Å²) in [5.41, 5.74) is 0.677. The van der Waals surface area contributed by atoms with Crippen molar-refractivity contribution in [1.29, 1.82) is 0 Å². The molecular weight excluding hydrogens is 265 g/mol. The summed E-state index contributed by atoms with van der Waals surface area (Å²) in [6.45, 7) is 5.41. The highest BCUT2D eigenvalue weighted by Gasteiger charge is 2.20. The summed E-state index contributed by atoms with van der Waals surface area (Å²) in [4.78, 5) is 12.3. The van der Waals surface area contributed by atoms with Crippen LogP contribution in [0.1, 0.15) is 30.4 Å². The van der Waals surface area contributed by atoms with Crippen LogP contribution in [0.15, 0.2) is 30.3 Å². The zero-order chi connectivity index (χ0) is 14.0. The second-order valence-electron chi connectivity index (χ2n) is 5.09. The van der Waals surface area contributed by atoms with Gasteiger partial charge in [0.15, 0.2) is 0 Å². The minimum atomic E-state index is -0.542. The van der Waals surface area contributed by atoms with E-state index in [-0.39, 0.29) is 5.82 Å². The molecule has 0 fully saturated rings. The first-order valence-electron chi connectivity index (χ1n) is 5.81. The van der Waals surface area contributed by atoms with E-state index < -0.39 is 11.6 Å². The molecule has 0 spiro atoms. The summed E-state index contributed by atoms with van der Waals surface area (Å²) >= 11 is 1.05. The second-order valence-corrected chi connectivity index (χ2v) is 5.89. The fourth-order valence-electron chi connectivity index (χ4n) is 1.48. The number of carbonyl (C=O) groups excluding carboxylic acids is 1. The van der Waals surface area contributed by atoms with E-state index in [0.717, 1.165) is 11.5 Å². The van der Waals surface area contributed by atoms with Crippen molar-refractivity contribution in [2.75, 3.05) is 0 Å². The number of hydrogen-bond donors (Lipinski definition) is 0. The molecule has 0 amide bonds. The van der Waals surface area contributed by atoms with Gasteiger partial charge >= 0.3 is 5.97 Å². The van der Waals surface area contributed by atoms with E-state index in [1.807, 2.05) is 0 Å². The van der Waals surface area contributed by atoms with Gasteiger partial charge in [0.2, 0.25) is 0 Å². The first kappa shape index (κ1) is 13.7. The Hall–Kier alpha value is -1.75. The van der Waals surface area contributed by atoms with Crippen LogP contribution in [0.25, 0.3) is 11.3 Å². The van der Waals surface area contributed by atoms with Crippen molar-refractivity contribution in [3.63, 3.8) is 0 Å². The fourth-order valence-corrected chi connectivity index (χ4v) is 2.12. The summed E-state index contributed by atoms with van der Waals surface area (Å²) in [6, 6.07) is 7.72. The van der Waals surface area contributed by atoms with Crippen LogP contribution in [-0.2, 0) is 4.74 Å². The average Bonchev–Trinajstić information content (AvgIpc) is 2.75. The van der Waals surface area contributed by atoms with Gasteiger partial charge in [-0.3, -0.25) is 0 Å². The molecule has 100 valence electrons. The Morgan fingerprint density at radius 1 is 1.32 bits per heavy atom. The van der Waals surface area contributed by atoms with Gasteiger partial charge in [-0.2, -0.15) is 4.37 Å². The zero-order valence-electron chi connectivity index (χ0n) is 10.9. The molecule has 0 unspecified atom stereocenters. The molecule has 5 heteroatoms. The number of halogens is 1. The van der Waals surface area contributed by atoms with Crippen molar-refractivity contribution >= 4 is 17.5 Å². The zero-order valence-corrected chi connectivity index (χ0v) is 11.8. The lowest BCUT2D eigenvalue weighted by atomic mass is 10.1. The van der Waals surface area contributed by atoms with E-state index in [2.05, 4.69) is 4.37 Å². The van der Waals surface area contributed by atoms with Crippen LogP contribution in [-0.4, -0.2) is 15.9 Å². The summed E-state index contributed by atoms with van der Waals surface area (Å²) in [5.74, 6) is -0.739. The third-order valence-corrected chi connectivity index (χ3v) is 3.00. The lowest BCUT2D eigenvalue weighted by Crippen LogP contribution is -2.23. The smallest absolute Gasteiger partial charge is 0.350 e. The van der Waals surface area contributed by atoms with Crippen LogP contribution in [0.2, 0.25) is 0 Å². The van der Waals surface area contributed by atoms with Crippen LogP contribution < -0.4 is 0 Å². The number of carbonyl (C=O) groups is 1. The molecule has 0 saturated carbocycles. The maximum atomic E-state index is 13.1. The Kier molecular flexibility index (Phi) is 3.66. The van der Waals surface area contributed by atoms with Crippen molar-refractivity contribution in [2.45, 2.75) is 26.4 Å². The van der Waals surface area contributed by atoms with Gasteiger partial charge < -0.3 is 4.74 Å². The van der Waals surface area contributed by atoms with E-state index in [1.165, 1.54) is 12.1 Å². The summed E-state index contributed by atoms with van der Waals surface area (Å²) in [6.07, 6.45) is 0. The molecule has 0 atom stereocenters. The molecule has 0 aliphatic carbocycles. The molecule has 0 saturated heterocycles. The number of esters is 1. The molecule has 0 aliphatic heterocycles. The summed E-state index contributed by atoms with van der Waals surface area (Å²) in [5, 5.41) is 0. The second kappa shape index (κ2) is 5.09. The molecule has 1 aromatic carbocycles. The first-order chi connectivity index (χ1) is 8.85. The topological polar surface area (TPSA) is 39.2 Å². The van der Waals surface area contributed by atoms with Crippen LogP contribution in [0.4, 0.5) is 4.39 Å². The fraction of sp³-hybridized carbons (Fsp3) is 0.286. The van der Waals surface area contributed by atoms with Crippen LogP contribution in [0.3, 0.4) is 0 Å². The van der Waals surface area contributed by atoms with Crippen molar-refractivity contribution in [3.05, 3.63) is 41.0 Å². The van der Waals surface area contributed by atoms with Crippen molar-refractivity contribution in [3.8, 4) is 11.3 Å². The third-order valence-electron chi connectivity index (χ3n) is 2.23. The van der Waals surface area contributed by atoms with Gasteiger partial charge in [-0.15, -0.1) is 0 Å². The van der Waals surface area contributed by atoms with Gasteiger partial charge in [0, 0.05) is 5.56 Å². The standard InChI is InChI=1S/C14H14FNO2S/c1-14(2,3)18-13(17)12-8-11(16-19-12)9-5-4-6-10(15)7-9/h4-8H,1-3H3. The molecule has 0 aliphatic rings. The van der Waals surface area contributed by atoms with Gasteiger partial charge in [-0.1, -0.05) is 12.1 Å². The molecule has 0 N–H and O–H groups in total.